The molecule has 0 spiro atoms. The van der Waals surface area contributed by atoms with Crippen LogP contribution in [0.3, 0.4) is 0 Å². The average Bonchev–Trinajstić information content (AvgIpc) is 2.91. The fourth-order valence-electron chi connectivity index (χ4n) is 2.39. The van der Waals surface area contributed by atoms with E-state index in [9.17, 15) is 8.42 Å². The maximum absolute atomic E-state index is 12.7. The van der Waals surface area contributed by atoms with Crippen molar-refractivity contribution in [1.29, 1.82) is 0 Å². The minimum Gasteiger partial charge on any atom is -0.365 e. The van der Waals surface area contributed by atoms with Crippen LogP contribution in [0.2, 0.25) is 5.02 Å². The van der Waals surface area contributed by atoms with Crippen LogP contribution in [0.25, 0.3) is 10.2 Å². The fraction of sp³-hybridized carbons (Fsp3) is 0.188. The highest BCUT2D eigenvalue weighted by molar-refractivity contribution is 7.90. The number of fused-ring (bicyclic) bond motifs is 1. The van der Waals surface area contributed by atoms with Crippen molar-refractivity contribution in [3.05, 3.63) is 52.5 Å². The smallest absolute Gasteiger partial charge is 0.183 e. The molecule has 120 valence electrons. The van der Waals surface area contributed by atoms with Gasteiger partial charge >= 0.3 is 0 Å². The van der Waals surface area contributed by atoms with Crippen molar-refractivity contribution < 1.29 is 8.42 Å². The molecule has 3 rings (SSSR count). The minimum atomic E-state index is -3.46. The number of thiazole rings is 1. The van der Waals surface area contributed by atoms with Crippen LogP contribution in [0.4, 0.5) is 5.13 Å². The molecule has 0 fully saturated rings. The van der Waals surface area contributed by atoms with Gasteiger partial charge in [0, 0.05) is 12.1 Å². The van der Waals surface area contributed by atoms with E-state index < -0.39 is 9.84 Å². The molecule has 4 nitrogen and oxygen atoms in total. The highest BCUT2D eigenvalue weighted by Gasteiger charge is 2.19. The van der Waals surface area contributed by atoms with E-state index in [-0.39, 0.29) is 10.6 Å². The van der Waals surface area contributed by atoms with Gasteiger partial charge in [0.15, 0.2) is 15.0 Å². The number of halogens is 1. The SMILES string of the molecule is CNc1nc2cc(CS(=O)(=O)c3cccc(Cl)c3C)ccc2s1. The number of anilines is 1. The molecule has 0 atom stereocenters. The summed E-state index contributed by atoms with van der Waals surface area (Å²) in [5, 5.41) is 4.27. The lowest BCUT2D eigenvalue weighted by Gasteiger charge is -2.09. The number of nitrogens with zero attached hydrogens (tertiary/aromatic N) is 1. The summed E-state index contributed by atoms with van der Waals surface area (Å²) in [6.45, 7) is 1.72. The van der Waals surface area contributed by atoms with E-state index in [0.717, 1.165) is 15.3 Å². The summed E-state index contributed by atoms with van der Waals surface area (Å²) in [4.78, 5) is 4.69. The lowest BCUT2D eigenvalue weighted by atomic mass is 10.2. The second kappa shape index (κ2) is 6.11. The monoisotopic (exact) mass is 366 g/mol. The van der Waals surface area contributed by atoms with Crippen LogP contribution in [-0.2, 0) is 15.6 Å². The Bertz CT molecular complexity index is 981. The molecule has 0 amide bonds. The number of hydrogen-bond donors (Lipinski definition) is 1. The number of hydrogen-bond acceptors (Lipinski definition) is 5. The lowest BCUT2D eigenvalue weighted by molar-refractivity contribution is 0.594. The third kappa shape index (κ3) is 3.20. The number of aromatic nitrogens is 1. The molecular formula is C16H15ClN2O2S2. The average molecular weight is 367 g/mol. The van der Waals surface area contributed by atoms with Crippen LogP contribution in [-0.4, -0.2) is 20.4 Å². The van der Waals surface area contributed by atoms with Crippen LogP contribution in [0.15, 0.2) is 41.3 Å². The standard InChI is InChI=1S/C16H15ClN2O2S2/c1-10-12(17)4-3-5-15(10)23(20,21)9-11-6-7-14-13(8-11)19-16(18-2)22-14/h3-8H,9H2,1-2H3,(H,18,19). The first-order valence-corrected chi connectivity index (χ1v) is 9.80. The molecule has 2 aromatic carbocycles. The molecule has 0 aliphatic heterocycles. The van der Waals surface area contributed by atoms with Gasteiger partial charge in [0.25, 0.3) is 0 Å². The molecule has 0 unspecified atom stereocenters. The normalized spacial score (nSPS) is 11.8. The van der Waals surface area contributed by atoms with Crippen molar-refractivity contribution in [3.8, 4) is 0 Å². The Morgan fingerprint density at radius 1 is 1.26 bits per heavy atom. The van der Waals surface area contributed by atoms with Crippen molar-refractivity contribution >= 4 is 48.1 Å². The first-order chi connectivity index (χ1) is 10.9. The summed E-state index contributed by atoms with van der Waals surface area (Å²) in [5.74, 6) is -0.0729. The maximum Gasteiger partial charge on any atom is 0.183 e. The van der Waals surface area contributed by atoms with Crippen LogP contribution in [0, 0.1) is 6.92 Å². The fourth-order valence-corrected chi connectivity index (χ4v) is 5.06. The van der Waals surface area contributed by atoms with E-state index in [4.69, 9.17) is 11.6 Å². The summed E-state index contributed by atoms with van der Waals surface area (Å²) in [7, 11) is -1.65. The number of benzene rings is 2. The third-order valence-corrected chi connectivity index (χ3v) is 6.86. The predicted molar refractivity (Wildman–Crippen MR) is 96.2 cm³/mol. The van der Waals surface area contributed by atoms with Gasteiger partial charge in [-0.3, -0.25) is 0 Å². The van der Waals surface area contributed by atoms with Crippen LogP contribution >= 0.6 is 22.9 Å². The Morgan fingerprint density at radius 2 is 2.04 bits per heavy atom. The third-order valence-electron chi connectivity index (χ3n) is 3.58. The molecule has 23 heavy (non-hydrogen) atoms. The lowest BCUT2D eigenvalue weighted by Crippen LogP contribution is -2.07. The van der Waals surface area contributed by atoms with Crippen LogP contribution in [0.1, 0.15) is 11.1 Å². The zero-order chi connectivity index (χ0) is 16.6. The zero-order valence-electron chi connectivity index (χ0n) is 12.6. The first kappa shape index (κ1) is 16.2. The topological polar surface area (TPSA) is 59.1 Å². The van der Waals surface area contributed by atoms with E-state index in [0.29, 0.717) is 16.1 Å². The van der Waals surface area contributed by atoms with Crippen molar-refractivity contribution in [3.63, 3.8) is 0 Å². The van der Waals surface area contributed by atoms with Gasteiger partial charge in [0.2, 0.25) is 0 Å². The Balaban J connectivity index is 1.98. The molecule has 0 radical (unpaired) electrons. The van der Waals surface area contributed by atoms with E-state index in [1.54, 1.807) is 25.1 Å². The number of nitrogens with one attached hydrogen (secondary N) is 1. The highest BCUT2D eigenvalue weighted by Crippen LogP contribution is 2.29. The summed E-state index contributed by atoms with van der Waals surface area (Å²) in [6.07, 6.45) is 0. The molecule has 7 heteroatoms. The molecule has 1 aromatic heterocycles. The van der Waals surface area contributed by atoms with E-state index in [2.05, 4.69) is 10.3 Å². The van der Waals surface area contributed by atoms with Crippen molar-refractivity contribution in [2.45, 2.75) is 17.6 Å². The summed E-state index contributed by atoms with van der Waals surface area (Å²) in [5.41, 5.74) is 2.10. The largest absolute Gasteiger partial charge is 0.365 e. The Hall–Kier alpha value is -1.63. The molecule has 0 saturated carbocycles. The van der Waals surface area contributed by atoms with Gasteiger partial charge in [-0.05, 0) is 42.3 Å². The molecule has 1 heterocycles. The Kier molecular flexibility index (Phi) is 4.31. The summed E-state index contributed by atoms with van der Waals surface area (Å²) < 4.78 is 26.4. The molecule has 0 bridgehead atoms. The van der Waals surface area contributed by atoms with Gasteiger partial charge in [-0.15, -0.1) is 0 Å². The van der Waals surface area contributed by atoms with E-state index >= 15 is 0 Å². The Labute approximate surface area is 144 Å². The van der Waals surface area contributed by atoms with Gasteiger partial charge in [-0.2, -0.15) is 0 Å². The minimum absolute atomic E-state index is 0.0729. The molecular weight excluding hydrogens is 352 g/mol. The number of rotatable bonds is 4. The van der Waals surface area contributed by atoms with Gasteiger partial charge in [-0.1, -0.05) is 35.1 Å². The van der Waals surface area contributed by atoms with Gasteiger partial charge < -0.3 is 5.32 Å². The molecule has 0 saturated heterocycles. The molecule has 3 aromatic rings. The zero-order valence-corrected chi connectivity index (χ0v) is 15.0. The number of sulfone groups is 1. The summed E-state index contributed by atoms with van der Waals surface area (Å²) in [6, 6.07) is 10.5. The van der Waals surface area contributed by atoms with Gasteiger partial charge in [0.05, 0.1) is 20.9 Å². The van der Waals surface area contributed by atoms with Crippen molar-refractivity contribution in [2.24, 2.45) is 0 Å². The van der Waals surface area contributed by atoms with E-state index in [1.165, 1.54) is 11.3 Å². The predicted octanol–water partition coefficient (Wildman–Crippen LogP) is 4.27. The van der Waals surface area contributed by atoms with Gasteiger partial charge in [-0.25, -0.2) is 13.4 Å². The summed E-state index contributed by atoms with van der Waals surface area (Å²) >= 11 is 7.58. The Morgan fingerprint density at radius 3 is 2.78 bits per heavy atom. The second-order valence-corrected chi connectivity index (χ2v) is 8.59. The van der Waals surface area contributed by atoms with Crippen LogP contribution in [0.5, 0.6) is 0 Å². The van der Waals surface area contributed by atoms with Gasteiger partial charge in [0.1, 0.15) is 0 Å². The molecule has 0 aliphatic rings. The highest BCUT2D eigenvalue weighted by atomic mass is 35.5. The maximum atomic E-state index is 12.7. The molecule has 0 aliphatic carbocycles. The van der Waals surface area contributed by atoms with Crippen molar-refractivity contribution in [1.82, 2.24) is 4.98 Å². The van der Waals surface area contributed by atoms with Crippen molar-refractivity contribution in [2.75, 3.05) is 12.4 Å². The molecule has 1 N–H and O–H groups in total. The first-order valence-electron chi connectivity index (χ1n) is 6.96. The van der Waals surface area contributed by atoms with E-state index in [1.807, 2.05) is 25.2 Å². The second-order valence-electron chi connectivity index (χ2n) is 5.19. The quantitative estimate of drug-likeness (QED) is 0.748. The van der Waals surface area contributed by atoms with Crippen LogP contribution < -0.4 is 5.32 Å².